The van der Waals surface area contributed by atoms with Crippen molar-refractivity contribution < 1.29 is 27.8 Å². The van der Waals surface area contributed by atoms with Gasteiger partial charge in [0.05, 0.1) is 7.11 Å². The molecule has 1 N–H and O–H groups in total. The lowest BCUT2D eigenvalue weighted by molar-refractivity contribution is -0.0512. The van der Waals surface area contributed by atoms with E-state index in [2.05, 4.69) is 10.1 Å². The number of carbonyl (C=O) groups is 2. The molecular formula is C19H19F2NO4. The monoisotopic (exact) mass is 363 g/mol. The summed E-state index contributed by atoms with van der Waals surface area (Å²) in [6.45, 7) is -1.18. The van der Waals surface area contributed by atoms with E-state index in [0.717, 1.165) is 0 Å². The van der Waals surface area contributed by atoms with Gasteiger partial charge in [-0.05, 0) is 43.2 Å². The lowest BCUT2D eigenvalue weighted by Crippen LogP contribution is -2.25. The highest BCUT2D eigenvalue weighted by Gasteiger charge is 2.12. The van der Waals surface area contributed by atoms with E-state index in [9.17, 15) is 18.4 Å². The maximum absolute atomic E-state index is 12.4. The number of alkyl halides is 2. The van der Waals surface area contributed by atoms with Crippen LogP contribution in [0.5, 0.6) is 11.5 Å². The molecule has 0 heterocycles. The molecule has 0 bridgehead atoms. The van der Waals surface area contributed by atoms with Gasteiger partial charge in [-0.3, -0.25) is 9.59 Å². The fraction of sp³-hybridized carbons (Fsp3) is 0.263. The molecule has 26 heavy (non-hydrogen) atoms. The number of halogens is 2. The Morgan fingerprint density at radius 2 is 1.69 bits per heavy atom. The SMILES string of the molecule is COc1ccc(CCNC(=O)c2ccc(C(C)=O)cc2)cc1OC(F)F. The Bertz CT molecular complexity index is 776. The van der Waals surface area contributed by atoms with Crippen LogP contribution in [0.2, 0.25) is 0 Å². The number of ketones is 1. The molecule has 0 saturated heterocycles. The van der Waals surface area contributed by atoms with E-state index < -0.39 is 6.61 Å². The molecule has 138 valence electrons. The minimum absolute atomic E-state index is 0.0499. The van der Waals surface area contributed by atoms with Crippen LogP contribution in [0.1, 0.15) is 33.2 Å². The van der Waals surface area contributed by atoms with Crippen LogP contribution in [0.4, 0.5) is 8.78 Å². The summed E-state index contributed by atoms with van der Waals surface area (Å²) in [5, 5.41) is 2.74. The Balaban J connectivity index is 1.94. The molecular weight excluding hydrogens is 344 g/mol. The van der Waals surface area contributed by atoms with E-state index in [0.29, 0.717) is 29.7 Å². The molecule has 2 aromatic rings. The van der Waals surface area contributed by atoms with Crippen molar-refractivity contribution >= 4 is 11.7 Å². The van der Waals surface area contributed by atoms with Crippen molar-refractivity contribution in [3.8, 4) is 11.5 Å². The average Bonchev–Trinajstić information content (AvgIpc) is 2.61. The van der Waals surface area contributed by atoms with E-state index in [1.807, 2.05) is 0 Å². The van der Waals surface area contributed by atoms with Crippen LogP contribution in [0, 0.1) is 0 Å². The fourth-order valence-corrected chi connectivity index (χ4v) is 2.34. The predicted octanol–water partition coefficient (Wildman–Crippen LogP) is 3.47. The van der Waals surface area contributed by atoms with Gasteiger partial charge in [-0.15, -0.1) is 0 Å². The van der Waals surface area contributed by atoms with E-state index in [1.54, 1.807) is 30.3 Å². The first kappa shape index (κ1) is 19.4. The standard InChI is InChI=1S/C19H19F2NO4/c1-12(23)14-4-6-15(7-5-14)18(24)22-10-9-13-3-8-16(25-2)17(11-13)26-19(20)21/h3-8,11,19H,9-10H2,1-2H3,(H,22,24). The molecule has 0 aromatic heterocycles. The van der Waals surface area contributed by atoms with Crippen LogP contribution in [0.3, 0.4) is 0 Å². The molecule has 0 saturated carbocycles. The molecule has 7 heteroatoms. The average molecular weight is 363 g/mol. The number of benzene rings is 2. The number of ether oxygens (including phenoxy) is 2. The molecule has 0 aliphatic carbocycles. The second-order valence-corrected chi connectivity index (χ2v) is 5.50. The van der Waals surface area contributed by atoms with Crippen molar-refractivity contribution in [2.45, 2.75) is 20.0 Å². The van der Waals surface area contributed by atoms with Gasteiger partial charge in [0, 0.05) is 17.7 Å². The molecule has 5 nitrogen and oxygen atoms in total. The Morgan fingerprint density at radius 1 is 1.04 bits per heavy atom. The summed E-state index contributed by atoms with van der Waals surface area (Å²) < 4.78 is 34.3. The first-order chi connectivity index (χ1) is 12.4. The van der Waals surface area contributed by atoms with Crippen LogP contribution >= 0.6 is 0 Å². The molecule has 2 rings (SSSR count). The third kappa shape index (κ3) is 5.27. The molecule has 0 atom stereocenters. The van der Waals surface area contributed by atoms with Crippen molar-refractivity contribution in [3.63, 3.8) is 0 Å². The number of Topliss-reactive ketones (excluding diaryl/α,β-unsaturated/α-hetero) is 1. The topological polar surface area (TPSA) is 64.6 Å². The number of nitrogens with one attached hydrogen (secondary N) is 1. The van der Waals surface area contributed by atoms with Gasteiger partial charge in [0.2, 0.25) is 0 Å². The first-order valence-corrected chi connectivity index (χ1v) is 7.91. The van der Waals surface area contributed by atoms with Gasteiger partial charge in [0.1, 0.15) is 0 Å². The maximum Gasteiger partial charge on any atom is 0.387 e. The van der Waals surface area contributed by atoms with Gasteiger partial charge in [-0.2, -0.15) is 8.78 Å². The van der Waals surface area contributed by atoms with E-state index in [4.69, 9.17) is 4.74 Å². The molecule has 0 aliphatic heterocycles. The van der Waals surface area contributed by atoms with Gasteiger partial charge >= 0.3 is 6.61 Å². The number of carbonyl (C=O) groups excluding carboxylic acids is 2. The van der Waals surface area contributed by atoms with Crippen LogP contribution < -0.4 is 14.8 Å². The molecule has 0 spiro atoms. The van der Waals surface area contributed by atoms with E-state index in [-0.39, 0.29) is 23.2 Å². The summed E-state index contributed by atoms with van der Waals surface area (Å²) in [5.74, 6) is -0.189. The minimum atomic E-state index is -2.95. The van der Waals surface area contributed by atoms with E-state index in [1.165, 1.54) is 26.2 Å². The Morgan fingerprint density at radius 3 is 2.27 bits per heavy atom. The third-order valence-electron chi connectivity index (χ3n) is 3.70. The Kier molecular flexibility index (Phi) is 6.66. The number of hydrogen-bond acceptors (Lipinski definition) is 4. The second kappa shape index (κ2) is 8.94. The van der Waals surface area contributed by atoms with Gasteiger partial charge < -0.3 is 14.8 Å². The quantitative estimate of drug-likeness (QED) is 0.730. The highest BCUT2D eigenvalue weighted by atomic mass is 19.3. The van der Waals surface area contributed by atoms with Crippen LogP contribution in [0.15, 0.2) is 42.5 Å². The third-order valence-corrected chi connectivity index (χ3v) is 3.70. The van der Waals surface area contributed by atoms with Crippen molar-refractivity contribution in [1.29, 1.82) is 0 Å². The molecule has 0 aliphatic rings. The van der Waals surface area contributed by atoms with Gasteiger partial charge in [0.15, 0.2) is 17.3 Å². The summed E-state index contributed by atoms with van der Waals surface area (Å²) >= 11 is 0. The molecule has 2 aromatic carbocycles. The molecule has 0 fully saturated rings. The van der Waals surface area contributed by atoms with E-state index >= 15 is 0 Å². The van der Waals surface area contributed by atoms with Crippen LogP contribution in [0.25, 0.3) is 0 Å². The molecule has 1 amide bonds. The van der Waals surface area contributed by atoms with Crippen molar-refractivity contribution in [2.75, 3.05) is 13.7 Å². The largest absolute Gasteiger partial charge is 0.493 e. The summed E-state index contributed by atoms with van der Waals surface area (Å²) in [6.07, 6.45) is 0.431. The summed E-state index contributed by atoms with van der Waals surface area (Å²) in [7, 11) is 1.37. The minimum Gasteiger partial charge on any atom is -0.493 e. The fourth-order valence-electron chi connectivity index (χ4n) is 2.34. The zero-order valence-corrected chi connectivity index (χ0v) is 14.4. The second-order valence-electron chi connectivity index (χ2n) is 5.50. The van der Waals surface area contributed by atoms with Gasteiger partial charge in [0.25, 0.3) is 5.91 Å². The summed E-state index contributed by atoms with van der Waals surface area (Å²) in [6, 6.07) is 11.0. The maximum atomic E-state index is 12.4. The normalized spacial score (nSPS) is 10.5. The molecule has 0 radical (unpaired) electrons. The van der Waals surface area contributed by atoms with Gasteiger partial charge in [-0.25, -0.2) is 0 Å². The zero-order valence-electron chi connectivity index (χ0n) is 14.4. The summed E-state index contributed by atoms with van der Waals surface area (Å²) in [5.41, 5.74) is 1.69. The number of amides is 1. The van der Waals surface area contributed by atoms with Gasteiger partial charge in [-0.1, -0.05) is 18.2 Å². The number of hydrogen-bond donors (Lipinski definition) is 1. The number of rotatable bonds is 8. The Hall–Kier alpha value is -2.96. The lowest BCUT2D eigenvalue weighted by Gasteiger charge is -2.12. The lowest BCUT2D eigenvalue weighted by atomic mass is 10.1. The van der Waals surface area contributed by atoms with Crippen LogP contribution in [-0.2, 0) is 6.42 Å². The predicted molar refractivity (Wildman–Crippen MR) is 92.1 cm³/mol. The zero-order chi connectivity index (χ0) is 19.1. The van der Waals surface area contributed by atoms with Crippen molar-refractivity contribution in [2.24, 2.45) is 0 Å². The summed E-state index contributed by atoms with van der Waals surface area (Å²) in [4.78, 5) is 23.3. The van der Waals surface area contributed by atoms with Crippen molar-refractivity contribution in [1.82, 2.24) is 5.32 Å². The first-order valence-electron chi connectivity index (χ1n) is 7.91. The highest BCUT2D eigenvalue weighted by molar-refractivity contribution is 5.97. The molecule has 0 unspecified atom stereocenters. The van der Waals surface area contributed by atoms with Crippen molar-refractivity contribution in [3.05, 3.63) is 59.2 Å². The van der Waals surface area contributed by atoms with Crippen LogP contribution in [-0.4, -0.2) is 32.0 Å². The smallest absolute Gasteiger partial charge is 0.387 e. The highest BCUT2D eigenvalue weighted by Crippen LogP contribution is 2.29. The number of methoxy groups -OCH3 is 1. The Labute approximate surface area is 149 Å².